The van der Waals surface area contributed by atoms with Crippen LogP contribution < -0.4 is 15.8 Å². The summed E-state index contributed by atoms with van der Waals surface area (Å²) in [6.07, 6.45) is 2.91. The number of carbonyl (C=O) groups excluding carboxylic acids is 2. The molecule has 1 unspecified atom stereocenters. The van der Waals surface area contributed by atoms with Gasteiger partial charge in [-0.05, 0) is 38.7 Å². The molecule has 9 nitrogen and oxygen atoms in total. The van der Waals surface area contributed by atoms with Gasteiger partial charge in [0.05, 0.1) is 12.3 Å². The van der Waals surface area contributed by atoms with Gasteiger partial charge in [0.1, 0.15) is 11.7 Å². The normalized spacial score (nSPS) is 18.9. The Bertz CT molecular complexity index is 1010. The van der Waals surface area contributed by atoms with Crippen LogP contribution in [0.25, 0.3) is 0 Å². The second-order valence-corrected chi connectivity index (χ2v) is 8.66. The lowest BCUT2D eigenvalue weighted by Gasteiger charge is -2.31. The van der Waals surface area contributed by atoms with Crippen LogP contribution in [0.3, 0.4) is 0 Å². The maximum absolute atomic E-state index is 12.7. The summed E-state index contributed by atoms with van der Waals surface area (Å²) in [5.74, 6) is 0.0483. The minimum Gasteiger partial charge on any atom is -0.465 e. The van der Waals surface area contributed by atoms with E-state index in [2.05, 4.69) is 20.3 Å². The van der Waals surface area contributed by atoms with Crippen molar-refractivity contribution in [1.29, 1.82) is 0 Å². The molecule has 3 heterocycles. The lowest BCUT2D eigenvalue weighted by Crippen LogP contribution is -2.39. The summed E-state index contributed by atoms with van der Waals surface area (Å²) < 4.78 is 6.46. The summed E-state index contributed by atoms with van der Waals surface area (Å²) in [4.78, 5) is 44.0. The van der Waals surface area contributed by atoms with Gasteiger partial charge >= 0.3 is 5.97 Å². The van der Waals surface area contributed by atoms with Crippen LogP contribution in [0.2, 0.25) is 0 Å². The number of hydrogen-bond acceptors (Lipinski definition) is 8. The summed E-state index contributed by atoms with van der Waals surface area (Å²) >= 11 is 1.45. The molecule has 0 spiro atoms. The molecule has 30 heavy (non-hydrogen) atoms. The largest absolute Gasteiger partial charge is 0.465 e. The number of hydrogen-bond donors (Lipinski definition) is 1. The molecule has 0 radical (unpaired) electrons. The summed E-state index contributed by atoms with van der Waals surface area (Å²) in [7, 11) is 1.63. The Morgan fingerprint density at radius 2 is 2.03 bits per heavy atom. The Hall–Kier alpha value is -2.75. The number of esters is 1. The van der Waals surface area contributed by atoms with Gasteiger partial charge in [-0.3, -0.25) is 14.4 Å². The highest BCUT2D eigenvalue weighted by atomic mass is 32.1. The quantitative estimate of drug-likeness (QED) is 0.718. The highest BCUT2D eigenvalue weighted by Gasteiger charge is 2.34. The van der Waals surface area contributed by atoms with E-state index in [0.29, 0.717) is 37.7 Å². The van der Waals surface area contributed by atoms with Gasteiger partial charge in [0, 0.05) is 37.0 Å². The molecule has 1 atom stereocenters. The van der Waals surface area contributed by atoms with Gasteiger partial charge < -0.3 is 15.0 Å². The molecule has 1 amide bonds. The number of piperidine rings is 1. The molecule has 1 fully saturated rings. The molecule has 0 aromatic carbocycles. The van der Waals surface area contributed by atoms with E-state index in [0.717, 1.165) is 29.2 Å². The third kappa shape index (κ3) is 4.09. The summed E-state index contributed by atoms with van der Waals surface area (Å²) in [6, 6.07) is 3.23. The first kappa shape index (κ1) is 20.5. The lowest BCUT2D eigenvalue weighted by atomic mass is 9.96. The molecular weight excluding hydrogens is 406 g/mol. The lowest BCUT2D eigenvalue weighted by molar-refractivity contribution is -0.145. The van der Waals surface area contributed by atoms with E-state index in [1.165, 1.54) is 22.1 Å². The fraction of sp³-hybridized carbons (Fsp3) is 0.550. The minimum absolute atomic E-state index is 0.0387. The van der Waals surface area contributed by atoms with Gasteiger partial charge in [-0.15, -0.1) is 11.3 Å². The van der Waals surface area contributed by atoms with Crippen LogP contribution in [-0.2, 0) is 27.8 Å². The molecule has 1 aliphatic carbocycles. The average molecular weight is 432 g/mol. The topological polar surface area (TPSA) is 106 Å². The minimum atomic E-state index is -0.320. The number of aryl methyl sites for hydroxylation is 2. The Balaban J connectivity index is 1.34. The third-order valence-electron chi connectivity index (χ3n) is 5.66. The number of carbonyl (C=O) groups is 2. The SMILES string of the molecule is CCOC(=O)C1CCc2sc(NC(=O)C3CCN(c4ccc(=O)n(C)n4)CC3)nc21. The number of rotatable bonds is 5. The zero-order chi connectivity index (χ0) is 21.3. The zero-order valence-electron chi connectivity index (χ0n) is 17.1. The van der Waals surface area contributed by atoms with Crippen molar-refractivity contribution >= 4 is 34.2 Å². The molecule has 2 aromatic heterocycles. The van der Waals surface area contributed by atoms with Crippen LogP contribution in [0.5, 0.6) is 0 Å². The molecule has 10 heteroatoms. The molecule has 1 N–H and O–H groups in total. The number of nitrogens with one attached hydrogen (secondary N) is 1. The molecule has 0 saturated carbocycles. The highest BCUT2D eigenvalue weighted by Crippen LogP contribution is 2.39. The van der Waals surface area contributed by atoms with Crippen LogP contribution in [-0.4, -0.2) is 46.3 Å². The van der Waals surface area contributed by atoms with E-state index >= 15 is 0 Å². The number of thiazole rings is 1. The van der Waals surface area contributed by atoms with E-state index in [1.807, 2.05) is 0 Å². The smallest absolute Gasteiger partial charge is 0.315 e. The second-order valence-electron chi connectivity index (χ2n) is 7.57. The number of amides is 1. The van der Waals surface area contributed by atoms with Crippen LogP contribution in [0.1, 0.15) is 42.7 Å². The summed E-state index contributed by atoms with van der Waals surface area (Å²) in [5, 5.41) is 7.78. The molecular formula is C20H25N5O4S. The number of ether oxygens (including phenoxy) is 1. The van der Waals surface area contributed by atoms with E-state index in [-0.39, 0.29) is 29.3 Å². The van der Waals surface area contributed by atoms with Crippen molar-refractivity contribution < 1.29 is 14.3 Å². The van der Waals surface area contributed by atoms with Gasteiger partial charge in [0.15, 0.2) is 5.13 Å². The summed E-state index contributed by atoms with van der Waals surface area (Å²) in [5.41, 5.74) is 0.609. The van der Waals surface area contributed by atoms with Crippen molar-refractivity contribution in [3.8, 4) is 0 Å². The van der Waals surface area contributed by atoms with E-state index < -0.39 is 0 Å². The Morgan fingerprint density at radius 3 is 2.73 bits per heavy atom. The first-order chi connectivity index (χ1) is 14.5. The van der Waals surface area contributed by atoms with Crippen LogP contribution >= 0.6 is 11.3 Å². The van der Waals surface area contributed by atoms with Crippen molar-refractivity contribution in [1.82, 2.24) is 14.8 Å². The maximum atomic E-state index is 12.7. The van der Waals surface area contributed by atoms with E-state index in [9.17, 15) is 14.4 Å². The maximum Gasteiger partial charge on any atom is 0.315 e. The van der Waals surface area contributed by atoms with Crippen molar-refractivity contribution in [2.75, 3.05) is 29.9 Å². The Labute approximate surface area is 178 Å². The first-order valence-corrected chi connectivity index (χ1v) is 11.0. The van der Waals surface area contributed by atoms with Crippen molar-refractivity contribution in [2.45, 2.75) is 38.5 Å². The number of aromatic nitrogens is 3. The van der Waals surface area contributed by atoms with Gasteiger partial charge in [-0.1, -0.05) is 0 Å². The predicted octanol–water partition coefficient (Wildman–Crippen LogP) is 1.68. The third-order valence-corrected chi connectivity index (χ3v) is 6.70. The van der Waals surface area contributed by atoms with Crippen molar-refractivity contribution in [3.63, 3.8) is 0 Å². The molecule has 4 rings (SSSR count). The van der Waals surface area contributed by atoms with Gasteiger partial charge in [0.25, 0.3) is 5.56 Å². The molecule has 2 aliphatic rings. The summed E-state index contributed by atoms with van der Waals surface area (Å²) in [6.45, 7) is 3.54. The fourth-order valence-corrected chi connectivity index (χ4v) is 5.03. The van der Waals surface area contributed by atoms with Crippen LogP contribution in [0.4, 0.5) is 10.9 Å². The number of nitrogens with zero attached hydrogens (tertiary/aromatic N) is 4. The standard InChI is InChI=1S/C20H25N5O4S/c1-3-29-19(28)13-4-5-14-17(13)21-20(30-14)22-18(27)12-8-10-25(11-9-12)15-6-7-16(26)24(2)23-15/h6-7,12-13H,3-5,8-11H2,1-2H3,(H,21,22,27). The Kier molecular flexibility index (Phi) is 5.85. The van der Waals surface area contributed by atoms with Crippen LogP contribution in [0, 0.1) is 5.92 Å². The zero-order valence-corrected chi connectivity index (χ0v) is 17.9. The molecule has 160 valence electrons. The second kappa shape index (κ2) is 8.55. The van der Waals surface area contributed by atoms with E-state index in [4.69, 9.17) is 4.74 Å². The van der Waals surface area contributed by atoms with Crippen molar-refractivity contribution in [2.24, 2.45) is 13.0 Å². The fourth-order valence-electron chi connectivity index (χ4n) is 3.99. The molecule has 0 bridgehead atoms. The van der Waals surface area contributed by atoms with Gasteiger partial charge in [-0.2, -0.15) is 5.10 Å². The number of fused-ring (bicyclic) bond motifs is 1. The predicted molar refractivity (Wildman–Crippen MR) is 113 cm³/mol. The average Bonchev–Trinajstić information content (AvgIpc) is 3.30. The highest BCUT2D eigenvalue weighted by molar-refractivity contribution is 7.16. The van der Waals surface area contributed by atoms with Gasteiger partial charge in [0.2, 0.25) is 5.91 Å². The molecule has 2 aromatic rings. The van der Waals surface area contributed by atoms with Gasteiger partial charge in [-0.25, -0.2) is 9.67 Å². The molecule has 1 aliphatic heterocycles. The first-order valence-electron chi connectivity index (χ1n) is 10.2. The monoisotopic (exact) mass is 431 g/mol. The van der Waals surface area contributed by atoms with E-state index in [1.54, 1.807) is 20.0 Å². The van der Waals surface area contributed by atoms with Crippen LogP contribution in [0.15, 0.2) is 16.9 Å². The van der Waals surface area contributed by atoms with Crippen molar-refractivity contribution in [3.05, 3.63) is 33.1 Å². The Morgan fingerprint density at radius 1 is 1.27 bits per heavy atom. The number of anilines is 2. The molecule has 1 saturated heterocycles.